The summed E-state index contributed by atoms with van der Waals surface area (Å²) in [6, 6.07) is 0. The molecule has 0 spiro atoms. The van der Waals surface area contributed by atoms with Gasteiger partial charge in [0.1, 0.15) is 23.7 Å². The molecule has 0 aliphatic heterocycles. The highest BCUT2D eigenvalue weighted by Gasteiger charge is 2.10. The van der Waals surface area contributed by atoms with Crippen LogP contribution in [0, 0.1) is 0 Å². The number of hydrogen-bond donors (Lipinski definition) is 2. The van der Waals surface area contributed by atoms with Gasteiger partial charge >= 0.3 is 0 Å². The Morgan fingerprint density at radius 3 is 2.35 bits per heavy atom. The summed E-state index contributed by atoms with van der Waals surface area (Å²) in [5, 5.41) is 6.52. The highest BCUT2D eigenvalue weighted by molar-refractivity contribution is 5.57. The molecule has 0 bridgehead atoms. The number of nitrogens with zero attached hydrogens (tertiary/aromatic N) is 3. The van der Waals surface area contributed by atoms with Crippen molar-refractivity contribution in [3.8, 4) is 0 Å². The summed E-state index contributed by atoms with van der Waals surface area (Å²) in [4.78, 5) is 12.8. The van der Waals surface area contributed by atoms with Crippen LogP contribution in [0.1, 0.15) is 38.0 Å². The Bertz CT molecular complexity index is 552. The number of anilines is 2. The molecule has 6 heteroatoms. The van der Waals surface area contributed by atoms with E-state index >= 15 is 0 Å². The third kappa shape index (κ3) is 3.26. The Morgan fingerprint density at radius 1 is 1.00 bits per heavy atom. The van der Waals surface area contributed by atoms with Crippen LogP contribution in [0.2, 0.25) is 0 Å². The van der Waals surface area contributed by atoms with E-state index in [1.807, 2.05) is 13.8 Å². The van der Waals surface area contributed by atoms with E-state index in [4.69, 9.17) is 4.42 Å². The lowest BCUT2D eigenvalue weighted by Gasteiger charge is -2.12. The van der Waals surface area contributed by atoms with Crippen LogP contribution in [0.25, 0.3) is 0 Å². The first kappa shape index (κ1) is 14.3. The summed E-state index contributed by atoms with van der Waals surface area (Å²) in [5.74, 6) is 3.28. The van der Waals surface area contributed by atoms with E-state index in [1.54, 1.807) is 12.5 Å². The molecule has 2 aromatic rings. The minimum Gasteiger partial charge on any atom is -0.444 e. The molecular formula is C14H21N5O. The molecule has 0 saturated heterocycles. The van der Waals surface area contributed by atoms with Gasteiger partial charge in [-0.25, -0.2) is 15.0 Å². The van der Waals surface area contributed by atoms with Crippen molar-refractivity contribution in [2.45, 2.75) is 40.2 Å². The first-order chi connectivity index (χ1) is 9.78. The molecule has 0 unspecified atom stereocenters. The fraction of sp³-hybridized carbons (Fsp3) is 0.500. The van der Waals surface area contributed by atoms with Crippen molar-refractivity contribution in [1.29, 1.82) is 0 Å². The highest BCUT2D eigenvalue weighted by Crippen LogP contribution is 2.20. The van der Waals surface area contributed by atoms with Crippen molar-refractivity contribution in [3.05, 3.63) is 29.7 Å². The van der Waals surface area contributed by atoms with Crippen molar-refractivity contribution >= 4 is 11.6 Å². The van der Waals surface area contributed by atoms with Gasteiger partial charge in [0, 0.05) is 18.5 Å². The molecule has 0 amide bonds. The minimum atomic E-state index is 0.523. The van der Waals surface area contributed by atoms with E-state index in [2.05, 4.69) is 32.5 Å². The summed E-state index contributed by atoms with van der Waals surface area (Å²) >= 11 is 0. The molecular weight excluding hydrogens is 254 g/mol. The van der Waals surface area contributed by atoms with Gasteiger partial charge in [-0.15, -0.1) is 0 Å². The Balaban J connectivity index is 2.10. The third-order valence-corrected chi connectivity index (χ3v) is 3.00. The molecule has 20 heavy (non-hydrogen) atoms. The molecule has 0 saturated carbocycles. The van der Waals surface area contributed by atoms with Gasteiger partial charge < -0.3 is 15.1 Å². The summed E-state index contributed by atoms with van der Waals surface area (Å²) in [6.07, 6.45) is 5.04. The lowest BCUT2D eigenvalue weighted by atomic mass is 10.2. The van der Waals surface area contributed by atoms with E-state index < -0.39 is 0 Å². The zero-order valence-corrected chi connectivity index (χ0v) is 12.2. The second-order valence-corrected chi connectivity index (χ2v) is 4.36. The predicted octanol–water partition coefficient (Wildman–Crippen LogP) is 2.63. The molecule has 6 nitrogen and oxygen atoms in total. The Morgan fingerprint density at radius 2 is 1.75 bits per heavy atom. The van der Waals surface area contributed by atoms with Crippen LogP contribution in [0.3, 0.4) is 0 Å². The molecule has 108 valence electrons. The van der Waals surface area contributed by atoms with Crippen molar-refractivity contribution < 1.29 is 4.42 Å². The van der Waals surface area contributed by atoms with Crippen molar-refractivity contribution in [2.24, 2.45) is 0 Å². The van der Waals surface area contributed by atoms with Crippen molar-refractivity contribution in [3.63, 3.8) is 0 Å². The summed E-state index contributed by atoms with van der Waals surface area (Å²) in [5.41, 5.74) is 1.08. The quantitative estimate of drug-likeness (QED) is 0.809. The average molecular weight is 275 g/mol. The van der Waals surface area contributed by atoms with Gasteiger partial charge in [-0.1, -0.05) is 13.8 Å². The third-order valence-electron chi connectivity index (χ3n) is 3.00. The Kier molecular flexibility index (Phi) is 4.92. The van der Waals surface area contributed by atoms with E-state index in [1.165, 1.54) is 0 Å². The van der Waals surface area contributed by atoms with Gasteiger partial charge in [-0.05, 0) is 13.3 Å². The first-order valence-corrected chi connectivity index (χ1v) is 7.03. The fourth-order valence-corrected chi connectivity index (χ4v) is 1.97. The number of aryl methyl sites for hydroxylation is 1. The van der Waals surface area contributed by atoms with Gasteiger partial charge in [0.25, 0.3) is 0 Å². The topological polar surface area (TPSA) is 75.9 Å². The molecule has 0 fully saturated rings. The molecule has 2 aromatic heterocycles. The van der Waals surface area contributed by atoms with Gasteiger partial charge in [0.05, 0.1) is 12.7 Å². The maximum Gasteiger partial charge on any atom is 0.213 e. The van der Waals surface area contributed by atoms with Crippen LogP contribution in [-0.2, 0) is 19.4 Å². The molecule has 0 aliphatic rings. The number of aromatic nitrogens is 3. The van der Waals surface area contributed by atoms with E-state index in [0.717, 1.165) is 42.3 Å². The van der Waals surface area contributed by atoms with Crippen LogP contribution in [0.15, 0.2) is 16.9 Å². The Hall–Kier alpha value is -2.11. The SMILES string of the molecule is CCNc1ncnc(NCc2ncc(CC)o2)c1CC. The van der Waals surface area contributed by atoms with Crippen molar-refractivity contribution in [2.75, 3.05) is 17.2 Å². The molecule has 2 heterocycles. The molecule has 2 N–H and O–H groups in total. The number of rotatable bonds is 7. The zero-order valence-electron chi connectivity index (χ0n) is 12.2. The molecule has 0 aliphatic carbocycles. The highest BCUT2D eigenvalue weighted by atomic mass is 16.4. The number of oxazole rings is 1. The molecule has 0 aromatic carbocycles. The number of nitrogens with one attached hydrogen (secondary N) is 2. The summed E-state index contributed by atoms with van der Waals surface area (Å²) in [7, 11) is 0. The van der Waals surface area contributed by atoms with Crippen LogP contribution in [0.4, 0.5) is 11.6 Å². The standard InChI is InChI=1S/C14H21N5O/c1-4-10-7-16-12(20-10)8-17-14-11(5-2)13(15-6-3)18-9-19-14/h7,9H,4-6,8H2,1-3H3,(H2,15,17,18,19). The fourth-order valence-electron chi connectivity index (χ4n) is 1.97. The monoisotopic (exact) mass is 275 g/mol. The molecule has 0 radical (unpaired) electrons. The zero-order chi connectivity index (χ0) is 14.4. The Labute approximate surface area is 119 Å². The smallest absolute Gasteiger partial charge is 0.213 e. The molecule has 2 rings (SSSR count). The largest absolute Gasteiger partial charge is 0.444 e. The number of hydrogen-bond acceptors (Lipinski definition) is 6. The van der Waals surface area contributed by atoms with Gasteiger partial charge in [0.2, 0.25) is 5.89 Å². The predicted molar refractivity (Wildman–Crippen MR) is 78.8 cm³/mol. The lowest BCUT2D eigenvalue weighted by molar-refractivity contribution is 0.465. The van der Waals surface area contributed by atoms with Gasteiger partial charge in [-0.2, -0.15) is 0 Å². The lowest BCUT2D eigenvalue weighted by Crippen LogP contribution is -2.09. The van der Waals surface area contributed by atoms with Gasteiger partial charge in [0.15, 0.2) is 0 Å². The second kappa shape index (κ2) is 6.88. The van der Waals surface area contributed by atoms with Crippen molar-refractivity contribution in [1.82, 2.24) is 15.0 Å². The summed E-state index contributed by atoms with van der Waals surface area (Å²) in [6.45, 7) is 7.54. The minimum absolute atomic E-state index is 0.523. The van der Waals surface area contributed by atoms with E-state index in [9.17, 15) is 0 Å². The first-order valence-electron chi connectivity index (χ1n) is 7.03. The second-order valence-electron chi connectivity index (χ2n) is 4.36. The maximum absolute atomic E-state index is 5.57. The van der Waals surface area contributed by atoms with E-state index in [0.29, 0.717) is 12.4 Å². The van der Waals surface area contributed by atoms with Crippen LogP contribution in [0.5, 0.6) is 0 Å². The normalized spacial score (nSPS) is 10.6. The maximum atomic E-state index is 5.57. The van der Waals surface area contributed by atoms with E-state index in [-0.39, 0.29) is 0 Å². The van der Waals surface area contributed by atoms with Crippen LogP contribution < -0.4 is 10.6 Å². The average Bonchev–Trinajstić information content (AvgIpc) is 2.93. The summed E-state index contributed by atoms with van der Waals surface area (Å²) < 4.78 is 5.57. The van der Waals surface area contributed by atoms with Crippen LogP contribution in [-0.4, -0.2) is 21.5 Å². The van der Waals surface area contributed by atoms with Gasteiger partial charge in [-0.3, -0.25) is 0 Å². The van der Waals surface area contributed by atoms with Crippen LogP contribution >= 0.6 is 0 Å². The molecule has 0 atom stereocenters.